The maximum atomic E-state index is 11.9. The molecule has 6 N–H and O–H groups in total. The second-order valence-electron chi connectivity index (χ2n) is 5.67. The molecule has 0 spiro atoms. The van der Waals surface area contributed by atoms with Gasteiger partial charge in [0.05, 0.1) is 12.7 Å². The summed E-state index contributed by atoms with van der Waals surface area (Å²) in [6.45, 7) is -0.915. The van der Waals surface area contributed by atoms with Crippen LogP contribution in [0.2, 0.25) is 0 Å². The third-order valence-corrected chi connectivity index (χ3v) is 7.26. The summed E-state index contributed by atoms with van der Waals surface area (Å²) in [6.07, 6.45) is 2.02. The van der Waals surface area contributed by atoms with E-state index in [1.54, 1.807) is 0 Å². The molecule has 2 heterocycles. The summed E-state index contributed by atoms with van der Waals surface area (Å²) in [5.74, 6) is 2.04. The number of aliphatic hydroxyl groups excluding tert-OH is 1. The molecule has 168 valence electrons. The Balaban J connectivity index is 2.06. The molecule has 5 atom stereocenters. The van der Waals surface area contributed by atoms with Crippen molar-refractivity contribution in [2.45, 2.75) is 24.9 Å². The van der Waals surface area contributed by atoms with E-state index in [2.05, 4.69) is 13.1 Å². The van der Waals surface area contributed by atoms with E-state index in [1.807, 2.05) is 10.9 Å². The number of nitrogens with one attached hydrogen (secondary N) is 1. The van der Waals surface area contributed by atoms with E-state index in [9.17, 15) is 33.3 Å². The summed E-state index contributed by atoms with van der Waals surface area (Å²) >= 11 is 0. The topological polar surface area (TPSA) is 244 Å². The standard InChI is InChI=1S/C11H15N2O14P3/c1-2-6-4-13(11(16)12-10(6)15)9-3-7(14)8(25-9)5-24-29(20,21)27-30(22,23)26-28(17,18)19/h1,4,7-9,14H,3,5H2,(H,20,21)(H,22,23)(H,12,15,16)(H2,17,18,19)/t7-,8+,9+/m1/s1. The highest BCUT2D eigenvalue weighted by Crippen LogP contribution is 2.66. The molecule has 19 heteroatoms. The van der Waals surface area contributed by atoms with Crippen LogP contribution in [-0.2, 0) is 31.6 Å². The Labute approximate surface area is 166 Å². The molecule has 16 nitrogen and oxygen atoms in total. The Morgan fingerprint density at radius 3 is 2.40 bits per heavy atom. The van der Waals surface area contributed by atoms with Crippen LogP contribution in [0.25, 0.3) is 0 Å². The van der Waals surface area contributed by atoms with Crippen LogP contribution >= 0.6 is 23.5 Å². The van der Waals surface area contributed by atoms with Gasteiger partial charge in [0.1, 0.15) is 17.9 Å². The quantitative estimate of drug-likeness (QED) is 0.179. The van der Waals surface area contributed by atoms with Gasteiger partial charge in [-0.05, 0) is 0 Å². The van der Waals surface area contributed by atoms with Crippen LogP contribution in [0.4, 0.5) is 0 Å². The van der Waals surface area contributed by atoms with E-state index in [0.717, 1.165) is 10.8 Å². The van der Waals surface area contributed by atoms with Crippen LogP contribution in [0, 0.1) is 12.3 Å². The molecule has 0 saturated carbocycles. The molecule has 2 rings (SSSR count). The van der Waals surface area contributed by atoms with Crippen LogP contribution in [0.3, 0.4) is 0 Å². The molecule has 1 aliphatic rings. The predicted octanol–water partition coefficient (Wildman–Crippen LogP) is -1.49. The Kier molecular flexibility index (Phi) is 7.43. The summed E-state index contributed by atoms with van der Waals surface area (Å²) in [5, 5.41) is 10.00. The van der Waals surface area contributed by atoms with E-state index < -0.39 is 59.8 Å². The van der Waals surface area contributed by atoms with Gasteiger partial charge in [-0.1, -0.05) is 5.92 Å². The van der Waals surface area contributed by atoms with Gasteiger partial charge in [0.15, 0.2) is 0 Å². The van der Waals surface area contributed by atoms with Crippen molar-refractivity contribution in [1.82, 2.24) is 9.55 Å². The summed E-state index contributed by atoms with van der Waals surface area (Å²) in [7, 11) is -16.7. The number of phosphoric ester groups is 1. The summed E-state index contributed by atoms with van der Waals surface area (Å²) in [6, 6.07) is 0. The number of hydrogen-bond donors (Lipinski definition) is 6. The van der Waals surface area contributed by atoms with Gasteiger partial charge >= 0.3 is 29.2 Å². The zero-order chi connectivity index (χ0) is 22.9. The van der Waals surface area contributed by atoms with Crippen molar-refractivity contribution in [3.05, 3.63) is 32.6 Å². The third kappa shape index (κ3) is 6.79. The lowest BCUT2D eigenvalue weighted by molar-refractivity contribution is -0.0450. The molecule has 1 saturated heterocycles. The lowest BCUT2D eigenvalue weighted by Gasteiger charge is -2.19. The fraction of sp³-hybridized carbons (Fsp3) is 0.455. The van der Waals surface area contributed by atoms with Crippen molar-refractivity contribution in [2.24, 2.45) is 0 Å². The number of hydrogen-bond acceptors (Lipinski definition) is 10. The molecule has 2 unspecified atom stereocenters. The van der Waals surface area contributed by atoms with Gasteiger partial charge in [-0.15, -0.1) is 6.42 Å². The van der Waals surface area contributed by atoms with Crippen molar-refractivity contribution in [3.8, 4) is 12.3 Å². The van der Waals surface area contributed by atoms with Gasteiger partial charge in [-0.3, -0.25) is 18.9 Å². The van der Waals surface area contributed by atoms with Crippen molar-refractivity contribution >= 4 is 23.5 Å². The predicted molar refractivity (Wildman–Crippen MR) is 93.6 cm³/mol. The van der Waals surface area contributed by atoms with Gasteiger partial charge in [0, 0.05) is 12.6 Å². The number of terminal acetylenes is 1. The van der Waals surface area contributed by atoms with Crippen molar-refractivity contribution in [2.75, 3.05) is 6.61 Å². The fourth-order valence-corrected chi connectivity index (χ4v) is 5.34. The average molecular weight is 492 g/mol. The number of aromatic amines is 1. The Hall–Kier alpha value is -1.43. The molecule has 0 aromatic carbocycles. The normalized spacial score (nSPS) is 25.9. The lowest BCUT2D eigenvalue weighted by atomic mass is 10.2. The third-order valence-electron chi connectivity index (χ3n) is 3.46. The second kappa shape index (κ2) is 8.97. The van der Waals surface area contributed by atoms with Crippen LogP contribution in [-0.4, -0.2) is 53.0 Å². The Morgan fingerprint density at radius 2 is 1.83 bits per heavy atom. The van der Waals surface area contributed by atoms with Gasteiger partial charge in [0.25, 0.3) is 5.56 Å². The molecular formula is C11H15N2O14P3. The van der Waals surface area contributed by atoms with E-state index in [0.29, 0.717) is 0 Å². The summed E-state index contributed by atoms with van der Waals surface area (Å²) < 4.78 is 51.2. The first-order chi connectivity index (χ1) is 13.6. The SMILES string of the molecule is C#Cc1cn([C@@H]2C[C@@H](O)[C@H](COP(=O)(O)OP(=O)(O)OP(=O)(O)O)O2)c(=O)[nH]c1=O. The Morgan fingerprint density at radius 1 is 1.20 bits per heavy atom. The number of nitrogens with zero attached hydrogens (tertiary/aromatic N) is 1. The summed E-state index contributed by atoms with van der Waals surface area (Å²) in [4.78, 5) is 60.7. The molecule has 1 fully saturated rings. The smallest absolute Gasteiger partial charge is 0.390 e. The second-order valence-corrected chi connectivity index (χ2v) is 10.1. The van der Waals surface area contributed by atoms with E-state index in [1.165, 1.54) is 0 Å². The maximum Gasteiger partial charge on any atom is 0.490 e. The number of phosphoric acid groups is 3. The number of aliphatic hydroxyl groups is 1. The highest BCUT2D eigenvalue weighted by molar-refractivity contribution is 7.66. The Bertz CT molecular complexity index is 1100. The van der Waals surface area contributed by atoms with Crippen molar-refractivity contribution < 1.29 is 56.3 Å². The highest BCUT2D eigenvalue weighted by Gasteiger charge is 2.42. The number of rotatable bonds is 8. The number of ether oxygens (including phenoxy) is 1. The van der Waals surface area contributed by atoms with E-state index >= 15 is 0 Å². The monoisotopic (exact) mass is 492 g/mol. The first-order valence-electron chi connectivity index (χ1n) is 7.56. The minimum Gasteiger partial charge on any atom is -0.390 e. The highest BCUT2D eigenvalue weighted by atomic mass is 31.3. The minimum absolute atomic E-state index is 0.204. The zero-order valence-corrected chi connectivity index (χ0v) is 17.2. The van der Waals surface area contributed by atoms with Crippen molar-refractivity contribution in [1.29, 1.82) is 0 Å². The molecule has 30 heavy (non-hydrogen) atoms. The molecular weight excluding hydrogens is 477 g/mol. The van der Waals surface area contributed by atoms with Crippen LogP contribution in [0.5, 0.6) is 0 Å². The maximum absolute atomic E-state index is 11.9. The molecule has 0 radical (unpaired) electrons. The zero-order valence-electron chi connectivity index (χ0n) is 14.5. The average Bonchev–Trinajstić information content (AvgIpc) is 2.90. The summed E-state index contributed by atoms with van der Waals surface area (Å²) in [5.41, 5.74) is -1.93. The first kappa shape index (κ1) is 24.8. The molecule has 0 aliphatic carbocycles. The number of H-pyrrole nitrogens is 1. The van der Waals surface area contributed by atoms with E-state index in [-0.39, 0.29) is 12.0 Å². The van der Waals surface area contributed by atoms with E-state index in [4.69, 9.17) is 25.8 Å². The van der Waals surface area contributed by atoms with Gasteiger partial charge in [-0.25, -0.2) is 18.5 Å². The molecule has 1 aliphatic heterocycles. The van der Waals surface area contributed by atoms with Crippen LogP contribution in [0.1, 0.15) is 18.2 Å². The van der Waals surface area contributed by atoms with Crippen LogP contribution < -0.4 is 11.2 Å². The molecule has 0 amide bonds. The van der Waals surface area contributed by atoms with Crippen LogP contribution in [0.15, 0.2) is 15.8 Å². The van der Waals surface area contributed by atoms with Crippen molar-refractivity contribution in [3.63, 3.8) is 0 Å². The fourth-order valence-electron chi connectivity index (χ4n) is 2.31. The first-order valence-corrected chi connectivity index (χ1v) is 12.1. The molecule has 1 aromatic rings. The lowest BCUT2D eigenvalue weighted by Crippen LogP contribution is -2.33. The minimum atomic E-state index is -5.69. The number of aromatic nitrogens is 2. The van der Waals surface area contributed by atoms with Gasteiger partial charge in [-0.2, -0.15) is 8.62 Å². The molecule has 0 bridgehead atoms. The van der Waals surface area contributed by atoms with Gasteiger partial charge < -0.3 is 29.4 Å². The van der Waals surface area contributed by atoms with Gasteiger partial charge in [0.2, 0.25) is 0 Å². The molecule has 1 aromatic heterocycles. The largest absolute Gasteiger partial charge is 0.490 e.